The van der Waals surface area contributed by atoms with Gasteiger partial charge in [0.1, 0.15) is 23.9 Å². The first-order valence-electron chi connectivity index (χ1n) is 3.54. The van der Waals surface area contributed by atoms with Crippen molar-refractivity contribution in [2.45, 2.75) is 0 Å². The smallest absolute Gasteiger partial charge is 0.144 e. The zero-order valence-electron chi connectivity index (χ0n) is 6.76. The maximum atomic E-state index is 12.6. The first kappa shape index (κ1) is 9.86. The summed E-state index contributed by atoms with van der Waals surface area (Å²) in [5.41, 5.74) is 0. The number of ether oxygens (including phenoxy) is 1. The number of aliphatic hydroxyl groups is 1. The van der Waals surface area contributed by atoms with Gasteiger partial charge in [-0.25, -0.2) is 4.39 Å². The summed E-state index contributed by atoms with van der Waals surface area (Å²) < 4.78 is 17.6. The third kappa shape index (κ3) is 2.95. The Labute approximate surface area is 80.2 Å². The first-order valence-corrected chi connectivity index (χ1v) is 3.92. The van der Waals surface area contributed by atoms with Crippen LogP contribution in [0.25, 0.3) is 0 Å². The lowest BCUT2D eigenvalue weighted by atomic mass is 10.3. The Balaban J connectivity index is 2.68. The molecule has 0 heterocycles. The lowest BCUT2D eigenvalue weighted by Crippen LogP contribution is -1.99. The number of hydrogen-bond acceptors (Lipinski definition) is 2. The zero-order chi connectivity index (χ0) is 9.84. The molecule has 0 amide bonds. The van der Waals surface area contributed by atoms with Gasteiger partial charge in [-0.05, 0) is 12.1 Å². The second-order valence-electron chi connectivity index (χ2n) is 2.43. The number of halogens is 2. The number of rotatable bonds is 3. The average Bonchev–Trinajstić information content (AvgIpc) is 2.07. The molecule has 4 heteroatoms. The van der Waals surface area contributed by atoms with Crippen LogP contribution in [-0.4, -0.2) is 11.7 Å². The van der Waals surface area contributed by atoms with Crippen molar-refractivity contribution in [1.82, 2.24) is 0 Å². The molecular weight excluding hydrogens is 195 g/mol. The molecule has 70 valence electrons. The van der Waals surface area contributed by atoms with Crippen molar-refractivity contribution in [3.8, 4) is 5.75 Å². The fourth-order valence-electron chi connectivity index (χ4n) is 0.733. The SMILES string of the molecule is C=C(O)COc1ccc(F)c(Cl)c1. The molecule has 0 aromatic heterocycles. The topological polar surface area (TPSA) is 29.5 Å². The molecule has 0 saturated heterocycles. The maximum Gasteiger partial charge on any atom is 0.144 e. The van der Waals surface area contributed by atoms with Gasteiger partial charge in [0.25, 0.3) is 0 Å². The number of hydrogen-bond donors (Lipinski definition) is 1. The summed E-state index contributed by atoms with van der Waals surface area (Å²) in [6.45, 7) is 3.21. The highest BCUT2D eigenvalue weighted by atomic mass is 35.5. The standard InChI is InChI=1S/C9H8ClFO2/c1-6(12)5-13-7-2-3-9(11)8(10)4-7/h2-4,12H,1,5H2. The van der Waals surface area contributed by atoms with Crippen molar-refractivity contribution in [1.29, 1.82) is 0 Å². The van der Waals surface area contributed by atoms with Gasteiger partial charge in [-0.2, -0.15) is 0 Å². The molecule has 1 N–H and O–H groups in total. The Morgan fingerprint density at radius 3 is 2.85 bits per heavy atom. The van der Waals surface area contributed by atoms with Crippen LogP contribution < -0.4 is 4.74 Å². The van der Waals surface area contributed by atoms with Gasteiger partial charge in [0.15, 0.2) is 0 Å². The summed E-state index contributed by atoms with van der Waals surface area (Å²) in [6.07, 6.45) is 0. The van der Waals surface area contributed by atoms with E-state index in [-0.39, 0.29) is 17.4 Å². The van der Waals surface area contributed by atoms with Crippen molar-refractivity contribution in [2.24, 2.45) is 0 Å². The number of aliphatic hydroxyl groups excluding tert-OH is 1. The van der Waals surface area contributed by atoms with Crippen LogP contribution in [0.3, 0.4) is 0 Å². The molecule has 0 atom stereocenters. The summed E-state index contributed by atoms with van der Waals surface area (Å²) in [6, 6.07) is 3.95. The quantitative estimate of drug-likeness (QED) is 0.764. The van der Waals surface area contributed by atoms with Crippen molar-refractivity contribution in [3.63, 3.8) is 0 Å². The van der Waals surface area contributed by atoms with Crippen LogP contribution >= 0.6 is 11.6 Å². The second-order valence-corrected chi connectivity index (χ2v) is 2.84. The highest BCUT2D eigenvalue weighted by molar-refractivity contribution is 6.30. The monoisotopic (exact) mass is 202 g/mol. The van der Waals surface area contributed by atoms with E-state index in [1.165, 1.54) is 18.2 Å². The predicted octanol–water partition coefficient (Wildman–Crippen LogP) is 2.93. The van der Waals surface area contributed by atoms with Crippen LogP contribution in [0.2, 0.25) is 5.02 Å². The molecule has 0 aliphatic heterocycles. The lowest BCUT2D eigenvalue weighted by molar-refractivity contribution is 0.272. The summed E-state index contributed by atoms with van der Waals surface area (Å²) >= 11 is 5.49. The van der Waals surface area contributed by atoms with E-state index < -0.39 is 5.82 Å². The Hall–Kier alpha value is -1.22. The molecule has 0 fully saturated rings. The third-order valence-corrected chi connectivity index (χ3v) is 1.59. The lowest BCUT2D eigenvalue weighted by Gasteiger charge is -2.04. The van der Waals surface area contributed by atoms with E-state index >= 15 is 0 Å². The van der Waals surface area contributed by atoms with E-state index in [0.29, 0.717) is 5.75 Å². The molecule has 13 heavy (non-hydrogen) atoms. The third-order valence-electron chi connectivity index (χ3n) is 1.30. The highest BCUT2D eigenvalue weighted by Crippen LogP contribution is 2.21. The largest absolute Gasteiger partial charge is 0.509 e. The molecule has 0 saturated carbocycles. The Morgan fingerprint density at radius 1 is 1.62 bits per heavy atom. The molecule has 0 aliphatic carbocycles. The molecule has 0 aliphatic rings. The normalized spacial score (nSPS) is 9.69. The maximum absolute atomic E-state index is 12.6. The zero-order valence-corrected chi connectivity index (χ0v) is 7.51. The summed E-state index contributed by atoms with van der Waals surface area (Å²) in [5, 5.41) is 8.70. The molecule has 2 nitrogen and oxygen atoms in total. The van der Waals surface area contributed by atoms with Gasteiger partial charge < -0.3 is 9.84 Å². The molecule has 0 spiro atoms. The van der Waals surface area contributed by atoms with Gasteiger partial charge in [-0.15, -0.1) is 0 Å². The Kier molecular flexibility index (Phi) is 3.14. The minimum absolute atomic E-state index is 0.0129. The predicted molar refractivity (Wildman–Crippen MR) is 48.7 cm³/mol. The van der Waals surface area contributed by atoms with E-state index in [2.05, 4.69) is 6.58 Å². The summed E-state index contributed by atoms with van der Waals surface area (Å²) in [5.74, 6) is -0.209. The Bertz CT molecular complexity index is 325. The van der Waals surface area contributed by atoms with Gasteiger partial charge >= 0.3 is 0 Å². The summed E-state index contributed by atoms with van der Waals surface area (Å²) in [7, 11) is 0. The average molecular weight is 203 g/mol. The molecule has 1 aromatic rings. The van der Waals surface area contributed by atoms with Gasteiger partial charge in [0.05, 0.1) is 5.02 Å². The molecular formula is C9H8ClFO2. The van der Waals surface area contributed by atoms with Crippen molar-refractivity contribution < 1.29 is 14.2 Å². The van der Waals surface area contributed by atoms with Crippen molar-refractivity contribution >= 4 is 11.6 Å². The fourth-order valence-corrected chi connectivity index (χ4v) is 0.904. The molecule has 1 rings (SSSR count). The Morgan fingerprint density at radius 2 is 2.31 bits per heavy atom. The van der Waals surface area contributed by atoms with Gasteiger partial charge in [0.2, 0.25) is 0 Å². The van der Waals surface area contributed by atoms with E-state index in [0.717, 1.165) is 0 Å². The molecule has 0 unspecified atom stereocenters. The minimum Gasteiger partial charge on any atom is -0.509 e. The molecule has 0 radical (unpaired) electrons. The van der Waals surface area contributed by atoms with Gasteiger partial charge in [0, 0.05) is 6.07 Å². The van der Waals surface area contributed by atoms with Crippen LogP contribution in [0.5, 0.6) is 5.75 Å². The summed E-state index contributed by atoms with van der Waals surface area (Å²) in [4.78, 5) is 0. The van der Waals surface area contributed by atoms with E-state index in [1.54, 1.807) is 0 Å². The van der Waals surface area contributed by atoms with Crippen LogP contribution in [-0.2, 0) is 0 Å². The van der Waals surface area contributed by atoms with Crippen LogP contribution in [0, 0.1) is 5.82 Å². The van der Waals surface area contributed by atoms with E-state index in [4.69, 9.17) is 21.4 Å². The molecule has 0 bridgehead atoms. The highest BCUT2D eigenvalue weighted by Gasteiger charge is 2.01. The van der Waals surface area contributed by atoms with Crippen molar-refractivity contribution in [2.75, 3.05) is 6.61 Å². The van der Waals surface area contributed by atoms with Gasteiger partial charge in [-0.3, -0.25) is 0 Å². The van der Waals surface area contributed by atoms with E-state index in [9.17, 15) is 4.39 Å². The van der Waals surface area contributed by atoms with Crippen LogP contribution in [0.15, 0.2) is 30.5 Å². The minimum atomic E-state index is -0.503. The second kappa shape index (κ2) is 4.14. The van der Waals surface area contributed by atoms with Crippen LogP contribution in [0.4, 0.5) is 4.39 Å². The van der Waals surface area contributed by atoms with Crippen molar-refractivity contribution in [3.05, 3.63) is 41.4 Å². The fraction of sp³-hybridized carbons (Fsp3) is 0.111. The van der Waals surface area contributed by atoms with Crippen LogP contribution in [0.1, 0.15) is 0 Å². The van der Waals surface area contributed by atoms with E-state index in [1.807, 2.05) is 0 Å². The van der Waals surface area contributed by atoms with Gasteiger partial charge in [-0.1, -0.05) is 18.2 Å². The molecule has 1 aromatic carbocycles. The first-order chi connectivity index (χ1) is 6.09. The number of benzene rings is 1.